The van der Waals surface area contributed by atoms with Gasteiger partial charge in [0.05, 0.1) is 11.2 Å². The fourth-order valence-corrected chi connectivity index (χ4v) is 6.14. The van der Waals surface area contributed by atoms with Crippen LogP contribution in [0.4, 0.5) is 17.1 Å². The summed E-state index contributed by atoms with van der Waals surface area (Å²) in [6.45, 7) is 0. The molecule has 0 aliphatic rings. The van der Waals surface area contributed by atoms with E-state index in [-0.39, 0.29) is 35.4 Å². The lowest BCUT2D eigenvalue weighted by atomic mass is 9.97. The third-order valence-corrected chi connectivity index (χ3v) is 8.53. The third kappa shape index (κ3) is 5.83. The quantitative estimate of drug-likeness (QED) is 0.175. The molecule has 0 spiro atoms. The van der Waals surface area contributed by atoms with Crippen LogP contribution in [0, 0.1) is 0 Å². The molecule has 0 bridgehead atoms. The van der Waals surface area contributed by atoms with Crippen LogP contribution in [0.1, 0.15) is 5.48 Å². The molecule has 0 fully saturated rings. The van der Waals surface area contributed by atoms with Gasteiger partial charge < -0.3 is 4.90 Å². The highest BCUT2D eigenvalue weighted by Gasteiger charge is 2.17. The molecule has 0 N–H and O–H groups in total. The van der Waals surface area contributed by atoms with E-state index in [2.05, 4.69) is 42.5 Å². The van der Waals surface area contributed by atoms with Gasteiger partial charge in [-0.05, 0) is 92.1 Å². The van der Waals surface area contributed by atoms with Crippen LogP contribution in [0.5, 0.6) is 0 Å². The summed E-state index contributed by atoms with van der Waals surface area (Å²) in [6, 6.07) is 58.0. The van der Waals surface area contributed by atoms with Crippen LogP contribution in [-0.2, 0) is 0 Å². The molecule has 0 unspecified atom stereocenters. The van der Waals surface area contributed by atoms with Crippen molar-refractivity contribution in [3.05, 3.63) is 200 Å². The summed E-state index contributed by atoms with van der Waals surface area (Å²) in [4.78, 5) is 1.87. The summed E-state index contributed by atoms with van der Waals surface area (Å²) in [5, 5.41) is 2.28. The molecule has 8 rings (SSSR count). The summed E-state index contributed by atoms with van der Waals surface area (Å²) in [5.41, 5.74) is 8.55. The van der Waals surface area contributed by atoms with Crippen LogP contribution in [0.2, 0.25) is 0 Å². The van der Waals surface area contributed by atoms with E-state index in [1.165, 1.54) is 0 Å². The zero-order valence-corrected chi connectivity index (χ0v) is 25.7. The number of hydrogen-bond donors (Lipinski definition) is 0. The van der Waals surface area contributed by atoms with Gasteiger partial charge >= 0.3 is 0 Å². The van der Waals surface area contributed by atoms with Gasteiger partial charge in [0.15, 0.2) is 0 Å². The lowest BCUT2D eigenvalue weighted by molar-refractivity contribution is 1.28. The minimum Gasteiger partial charge on any atom is -0.310 e. The summed E-state index contributed by atoms with van der Waals surface area (Å²) < 4.78 is 37.7. The molecule has 0 atom stereocenters. The molecule has 222 valence electrons. The lowest BCUT2D eigenvalue weighted by Gasteiger charge is -2.28. The average Bonchev–Trinajstić information content (AvgIpc) is 3.19. The number of nitrogens with zero attached hydrogens (tertiary/aromatic N) is 1. The highest BCUT2D eigenvalue weighted by atomic mass is 15.1. The molecule has 0 radical (unpaired) electrons. The Morgan fingerprint density at radius 1 is 0.319 bits per heavy atom. The van der Waals surface area contributed by atoms with E-state index in [1.807, 2.05) is 138 Å². The predicted molar refractivity (Wildman–Crippen MR) is 200 cm³/mol. The Bertz CT molecular complexity index is 2480. The molecular weight excluding hydrogens is 567 g/mol. The molecule has 0 heterocycles. The van der Waals surface area contributed by atoms with Crippen LogP contribution in [0.25, 0.3) is 55.3 Å². The van der Waals surface area contributed by atoms with Crippen LogP contribution >= 0.6 is 0 Å². The summed E-state index contributed by atoms with van der Waals surface area (Å²) in [6.07, 6.45) is 0. The van der Waals surface area contributed by atoms with Crippen molar-refractivity contribution in [2.75, 3.05) is 4.90 Å². The minimum atomic E-state index is -0.114. The zero-order valence-electron chi connectivity index (χ0n) is 29.7. The molecule has 0 saturated heterocycles. The molecule has 0 amide bonds. The first-order valence-corrected chi connectivity index (χ1v) is 15.8. The van der Waals surface area contributed by atoms with E-state index >= 15 is 0 Å². The molecule has 1 nitrogen and oxygen atoms in total. The monoisotopic (exact) mass is 603 g/mol. The van der Waals surface area contributed by atoms with E-state index < -0.39 is 0 Å². The van der Waals surface area contributed by atoms with E-state index in [4.69, 9.17) is 0 Å². The Labute approximate surface area is 282 Å². The van der Waals surface area contributed by atoms with Gasteiger partial charge in [-0.3, -0.25) is 0 Å². The first kappa shape index (κ1) is 24.1. The van der Waals surface area contributed by atoms with Gasteiger partial charge in [-0.15, -0.1) is 0 Å². The lowest BCUT2D eigenvalue weighted by Crippen LogP contribution is -2.11. The second-order valence-corrected chi connectivity index (χ2v) is 11.5. The highest BCUT2D eigenvalue weighted by Crippen LogP contribution is 2.42. The molecule has 8 aromatic rings. The maximum absolute atomic E-state index is 9.48. The van der Waals surface area contributed by atoms with Crippen LogP contribution < -0.4 is 4.90 Å². The van der Waals surface area contributed by atoms with Crippen molar-refractivity contribution in [3.8, 4) is 44.5 Å². The average molecular weight is 604 g/mol. The van der Waals surface area contributed by atoms with Crippen molar-refractivity contribution in [2.45, 2.75) is 0 Å². The van der Waals surface area contributed by atoms with Crippen molar-refractivity contribution >= 4 is 27.8 Å². The predicted octanol–water partition coefficient (Wildman–Crippen LogP) is 13.0. The van der Waals surface area contributed by atoms with Gasteiger partial charge in [0.2, 0.25) is 0 Å². The van der Waals surface area contributed by atoms with E-state index in [9.17, 15) is 5.48 Å². The first-order valence-electron chi connectivity index (χ1n) is 17.8. The largest absolute Gasteiger partial charge is 0.310 e. The Morgan fingerprint density at radius 3 is 1.60 bits per heavy atom. The van der Waals surface area contributed by atoms with Crippen LogP contribution in [-0.4, -0.2) is 0 Å². The molecule has 0 saturated carbocycles. The van der Waals surface area contributed by atoms with E-state index in [1.54, 1.807) is 0 Å². The maximum atomic E-state index is 9.48. The number of para-hydroxylation sites is 1. The maximum Gasteiger partial charge on any atom is 0.0645 e. The molecule has 8 aromatic carbocycles. The molecule has 1 heteroatoms. The van der Waals surface area contributed by atoms with E-state index in [0.717, 1.165) is 55.5 Å². The van der Waals surface area contributed by atoms with Crippen LogP contribution in [0.15, 0.2) is 200 Å². The van der Waals surface area contributed by atoms with Gasteiger partial charge in [-0.25, -0.2) is 0 Å². The Morgan fingerprint density at radius 2 is 0.851 bits per heavy atom. The normalized spacial score (nSPS) is 12.2. The van der Waals surface area contributed by atoms with Gasteiger partial charge in [0, 0.05) is 16.9 Å². The van der Waals surface area contributed by atoms with Crippen molar-refractivity contribution in [1.82, 2.24) is 0 Å². The van der Waals surface area contributed by atoms with Crippen LogP contribution in [0.3, 0.4) is 0 Å². The summed E-state index contributed by atoms with van der Waals surface area (Å²) in [7, 11) is 0. The third-order valence-electron chi connectivity index (χ3n) is 8.53. The van der Waals surface area contributed by atoms with Gasteiger partial charge in [0.1, 0.15) is 0 Å². The Hall–Kier alpha value is -6.18. The molecular formula is C46H33N. The standard InChI is InChI=1S/C46H33N/c1-3-12-34(13-4-1)36-24-28-43(29-25-36)47(46-21-10-9-20-45(46)38-15-5-2-6-16-38)44-30-26-37(27-31-44)40-18-11-19-41(32-40)42-23-22-35-14-7-8-17-39(35)33-42/h1-33H/i26D,27D,30D,31D. The fourth-order valence-electron chi connectivity index (χ4n) is 6.14. The van der Waals surface area contributed by atoms with Gasteiger partial charge in [-0.1, -0.05) is 158 Å². The number of hydrogen-bond acceptors (Lipinski definition) is 1. The minimum absolute atomic E-state index is 0.0928. The molecule has 0 aliphatic heterocycles. The summed E-state index contributed by atoms with van der Waals surface area (Å²) >= 11 is 0. The smallest absolute Gasteiger partial charge is 0.0645 e. The molecule has 0 aromatic heterocycles. The Balaban J connectivity index is 1.29. The van der Waals surface area contributed by atoms with Gasteiger partial charge in [-0.2, -0.15) is 0 Å². The molecule has 0 aliphatic carbocycles. The zero-order chi connectivity index (χ0) is 34.9. The number of anilines is 3. The van der Waals surface area contributed by atoms with Crippen molar-refractivity contribution < 1.29 is 5.48 Å². The topological polar surface area (TPSA) is 3.24 Å². The van der Waals surface area contributed by atoms with E-state index in [0.29, 0.717) is 5.56 Å². The highest BCUT2D eigenvalue weighted by molar-refractivity contribution is 5.90. The fraction of sp³-hybridized carbons (Fsp3) is 0. The molecule has 47 heavy (non-hydrogen) atoms. The Kier molecular flexibility index (Phi) is 6.50. The van der Waals surface area contributed by atoms with Crippen molar-refractivity contribution in [3.63, 3.8) is 0 Å². The van der Waals surface area contributed by atoms with Crippen molar-refractivity contribution in [1.29, 1.82) is 0 Å². The van der Waals surface area contributed by atoms with Gasteiger partial charge in [0.25, 0.3) is 0 Å². The van der Waals surface area contributed by atoms with Crippen molar-refractivity contribution in [2.24, 2.45) is 0 Å². The first-order chi connectivity index (χ1) is 25.0. The summed E-state index contributed by atoms with van der Waals surface area (Å²) in [5.74, 6) is 0. The number of rotatable bonds is 7. The number of fused-ring (bicyclic) bond motifs is 1. The SMILES string of the molecule is [2H]c1c([2H])c(N(c2ccc(-c3ccccc3)cc2)c2ccccc2-c2ccccc2)c([2H])c([2H])c1-c1cccc(-c2ccc3ccccc3c2)c1. The second kappa shape index (κ2) is 12.7. The second-order valence-electron chi connectivity index (χ2n) is 11.5. The number of benzene rings is 8.